The second kappa shape index (κ2) is 8.58. The third-order valence-electron chi connectivity index (χ3n) is 5.09. The Bertz CT molecular complexity index is 846. The van der Waals surface area contributed by atoms with Crippen LogP contribution in [0.3, 0.4) is 0 Å². The molecule has 1 saturated heterocycles. The number of rotatable bonds is 6. The van der Waals surface area contributed by atoms with Crippen LogP contribution < -0.4 is 5.32 Å². The van der Waals surface area contributed by atoms with Crippen molar-refractivity contribution >= 4 is 17.6 Å². The largest absolute Gasteiger partial charge is 0.339 e. The Morgan fingerprint density at radius 3 is 2.75 bits per heavy atom. The maximum atomic E-state index is 12.8. The number of carbonyl (C=O) groups is 2. The van der Waals surface area contributed by atoms with Crippen LogP contribution >= 0.6 is 0 Å². The second-order valence-corrected chi connectivity index (χ2v) is 7.62. The van der Waals surface area contributed by atoms with Crippen LogP contribution in [0.5, 0.6) is 0 Å². The van der Waals surface area contributed by atoms with E-state index in [-0.39, 0.29) is 23.9 Å². The molecular formula is C20H30N6O2. The molecule has 2 aromatic rings. The zero-order chi connectivity index (χ0) is 20.3. The first-order chi connectivity index (χ1) is 13.4. The van der Waals surface area contributed by atoms with Crippen LogP contribution in [0.15, 0.2) is 18.3 Å². The Labute approximate surface area is 165 Å². The van der Waals surface area contributed by atoms with Crippen LogP contribution in [0.25, 0.3) is 5.65 Å². The van der Waals surface area contributed by atoms with Crippen molar-refractivity contribution in [1.29, 1.82) is 0 Å². The fourth-order valence-corrected chi connectivity index (χ4v) is 3.66. The van der Waals surface area contributed by atoms with Gasteiger partial charge in [-0.2, -0.15) is 0 Å². The van der Waals surface area contributed by atoms with E-state index in [2.05, 4.69) is 22.4 Å². The van der Waals surface area contributed by atoms with Gasteiger partial charge in [-0.3, -0.25) is 9.20 Å². The van der Waals surface area contributed by atoms with Crippen molar-refractivity contribution in [3.8, 4) is 0 Å². The molecule has 0 radical (unpaired) electrons. The Morgan fingerprint density at radius 1 is 1.29 bits per heavy atom. The number of carbonyl (C=O) groups excluding carboxylic acids is 2. The predicted octanol–water partition coefficient (Wildman–Crippen LogP) is 2.51. The monoisotopic (exact) mass is 386 g/mol. The molecule has 152 valence electrons. The quantitative estimate of drug-likeness (QED) is 0.827. The van der Waals surface area contributed by atoms with Crippen LogP contribution in [0.2, 0.25) is 0 Å². The topological polar surface area (TPSA) is 82.8 Å². The van der Waals surface area contributed by atoms with Crippen molar-refractivity contribution in [3.05, 3.63) is 29.7 Å². The number of nitrogens with zero attached hydrogens (tertiary/aromatic N) is 5. The van der Waals surface area contributed by atoms with Crippen molar-refractivity contribution < 1.29 is 9.59 Å². The molecule has 1 atom stereocenters. The summed E-state index contributed by atoms with van der Waals surface area (Å²) in [6, 6.07) is 3.71. The molecule has 0 aliphatic carbocycles. The van der Waals surface area contributed by atoms with Gasteiger partial charge in [-0.05, 0) is 45.7 Å². The predicted molar refractivity (Wildman–Crippen MR) is 107 cm³/mol. The summed E-state index contributed by atoms with van der Waals surface area (Å²) in [5, 5.41) is 11.6. The Morgan fingerprint density at radius 2 is 2.07 bits per heavy atom. The second-order valence-electron chi connectivity index (χ2n) is 7.62. The molecule has 1 aliphatic rings. The maximum absolute atomic E-state index is 12.8. The van der Waals surface area contributed by atoms with Crippen molar-refractivity contribution in [1.82, 2.24) is 29.7 Å². The zero-order valence-corrected chi connectivity index (χ0v) is 17.2. The molecule has 0 spiro atoms. The number of aromatic nitrogens is 3. The first-order valence-electron chi connectivity index (χ1n) is 10.1. The summed E-state index contributed by atoms with van der Waals surface area (Å²) in [5.41, 5.74) is 1.35. The number of hydrogen-bond acceptors (Lipinski definition) is 4. The van der Waals surface area contributed by atoms with E-state index in [0.717, 1.165) is 30.9 Å². The lowest BCUT2D eigenvalue weighted by molar-refractivity contribution is 0.0764. The van der Waals surface area contributed by atoms with E-state index < -0.39 is 0 Å². The SMILES string of the molecule is CCCN(CC)C(=O)c1ccc2nnc([C@@H]3CCN(C(=O)NC(C)C)C3)n2c1. The van der Waals surface area contributed by atoms with Gasteiger partial charge in [0, 0.05) is 44.3 Å². The number of likely N-dealkylation sites (tertiary alicyclic amines) is 1. The Kier molecular flexibility index (Phi) is 6.16. The number of fused-ring (bicyclic) bond motifs is 1. The van der Waals surface area contributed by atoms with Gasteiger partial charge >= 0.3 is 6.03 Å². The molecule has 3 rings (SSSR count). The average molecular weight is 387 g/mol. The fourth-order valence-electron chi connectivity index (χ4n) is 3.66. The molecule has 1 N–H and O–H groups in total. The summed E-state index contributed by atoms with van der Waals surface area (Å²) in [6.45, 7) is 10.7. The molecule has 0 bridgehead atoms. The Hall–Kier alpha value is -2.64. The Balaban J connectivity index is 1.81. The van der Waals surface area contributed by atoms with Crippen molar-refractivity contribution in [2.24, 2.45) is 0 Å². The first-order valence-corrected chi connectivity index (χ1v) is 10.1. The van der Waals surface area contributed by atoms with Gasteiger partial charge in [0.1, 0.15) is 5.82 Å². The van der Waals surface area contributed by atoms with E-state index in [1.54, 1.807) is 0 Å². The number of amides is 3. The summed E-state index contributed by atoms with van der Waals surface area (Å²) in [6.07, 6.45) is 3.60. The highest BCUT2D eigenvalue weighted by atomic mass is 16.2. The lowest BCUT2D eigenvalue weighted by Crippen LogP contribution is -2.41. The minimum atomic E-state index is -0.0414. The molecule has 0 unspecified atom stereocenters. The van der Waals surface area contributed by atoms with Crippen molar-refractivity contribution in [3.63, 3.8) is 0 Å². The molecule has 1 aliphatic heterocycles. The highest BCUT2D eigenvalue weighted by Gasteiger charge is 2.30. The number of pyridine rings is 1. The van der Waals surface area contributed by atoms with E-state index in [0.29, 0.717) is 25.2 Å². The summed E-state index contributed by atoms with van der Waals surface area (Å²) in [4.78, 5) is 28.8. The van der Waals surface area contributed by atoms with Crippen molar-refractivity contribution in [2.45, 2.75) is 52.5 Å². The molecule has 8 heteroatoms. The van der Waals surface area contributed by atoms with E-state index in [9.17, 15) is 9.59 Å². The number of nitrogens with one attached hydrogen (secondary N) is 1. The molecule has 3 heterocycles. The van der Waals surface area contributed by atoms with E-state index in [1.807, 2.05) is 53.3 Å². The zero-order valence-electron chi connectivity index (χ0n) is 17.2. The third kappa shape index (κ3) is 4.10. The van der Waals surface area contributed by atoms with Gasteiger partial charge in [-0.15, -0.1) is 10.2 Å². The first kappa shape index (κ1) is 20.1. The molecule has 8 nitrogen and oxygen atoms in total. The van der Waals surface area contributed by atoms with Crippen LogP contribution in [0.1, 0.15) is 62.6 Å². The highest BCUT2D eigenvalue weighted by Crippen LogP contribution is 2.26. The summed E-state index contributed by atoms with van der Waals surface area (Å²) in [7, 11) is 0. The summed E-state index contributed by atoms with van der Waals surface area (Å²) < 4.78 is 1.90. The third-order valence-corrected chi connectivity index (χ3v) is 5.09. The maximum Gasteiger partial charge on any atom is 0.317 e. The van der Waals surface area contributed by atoms with Gasteiger partial charge in [-0.25, -0.2) is 4.79 Å². The van der Waals surface area contributed by atoms with E-state index in [1.165, 1.54) is 0 Å². The van der Waals surface area contributed by atoms with Gasteiger partial charge in [0.05, 0.1) is 5.56 Å². The molecular weight excluding hydrogens is 356 g/mol. The van der Waals surface area contributed by atoms with Gasteiger partial charge in [0.25, 0.3) is 5.91 Å². The molecule has 0 saturated carbocycles. The van der Waals surface area contributed by atoms with Crippen LogP contribution in [0, 0.1) is 0 Å². The molecule has 0 aromatic carbocycles. The van der Waals surface area contributed by atoms with E-state index in [4.69, 9.17) is 0 Å². The summed E-state index contributed by atoms with van der Waals surface area (Å²) >= 11 is 0. The molecule has 2 aromatic heterocycles. The number of hydrogen-bond donors (Lipinski definition) is 1. The average Bonchev–Trinajstić information content (AvgIpc) is 3.31. The van der Waals surface area contributed by atoms with E-state index >= 15 is 0 Å². The van der Waals surface area contributed by atoms with Crippen LogP contribution in [-0.2, 0) is 0 Å². The van der Waals surface area contributed by atoms with Crippen LogP contribution in [0.4, 0.5) is 4.79 Å². The smallest absolute Gasteiger partial charge is 0.317 e. The molecule has 3 amide bonds. The molecule has 1 fully saturated rings. The minimum absolute atomic E-state index is 0.0234. The van der Waals surface area contributed by atoms with Gasteiger partial charge < -0.3 is 15.1 Å². The van der Waals surface area contributed by atoms with Crippen molar-refractivity contribution in [2.75, 3.05) is 26.2 Å². The van der Waals surface area contributed by atoms with Crippen LogP contribution in [-0.4, -0.2) is 68.6 Å². The van der Waals surface area contributed by atoms with Gasteiger partial charge in [0.2, 0.25) is 0 Å². The van der Waals surface area contributed by atoms with Gasteiger partial charge in [0.15, 0.2) is 5.65 Å². The number of urea groups is 1. The molecule has 28 heavy (non-hydrogen) atoms. The standard InChI is InChI=1S/C20H30N6O2/c1-5-10-24(6-2)19(27)16-7-8-17-22-23-18(26(17)13-16)15-9-11-25(12-15)20(28)21-14(3)4/h7-8,13-15H,5-6,9-12H2,1-4H3,(H,21,28)/t15-/m1/s1. The lowest BCUT2D eigenvalue weighted by Gasteiger charge is -2.20. The summed E-state index contributed by atoms with van der Waals surface area (Å²) in [5.74, 6) is 0.939. The highest BCUT2D eigenvalue weighted by molar-refractivity contribution is 5.94. The lowest BCUT2D eigenvalue weighted by atomic mass is 10.1. The van der Waals surface area contributed by atoms with Gasteiger partial charge in [-0.1, -0.05) is 6.92 Å². The fraction of sp³-hybridized carbons (Fsp3) is 0.600. The minimum Gasteiger partial charge on any atom is -0.339 e. The normalized spacial score (nSPS) is 16.8.